The van der Waals surface area contributed by atoms with Gasteiger partial charge in [-0.05, 0) is 30.7 Å². The van der Waals surface area contributed by atoms with Crippen LogP contribution < -0.4 is 5.32 Å². The highest BCUT2D eigenvalue weighted by molar-refractivity contribution is 4.94. The molecular formula is C14H29NO2. The smallest absolute Gasteiger partial charge is 0.160 e. The van der Waals surface area contributed by atoms with E-state index in [-0.39, 0.29) is 10.8 Å². The van der Waals surface area contributed by atoms with Crippen molar-refractivity contribution in [1.82, 2.24) is 5.32 Å². The molecule has 1 heterocycles. The molecule has 102 valence electrons. The Morgan fingerprint density at radius 3 is 2.59 bits per heavy atom. The Morgan fingerprint density at radius 2 is 2.12 bits per heavy atom. The molecular weight excluding hydrogens is 214 g/mol. The van der Waals surface area contributed by atoms with Crippen molar-refractivity contribution >= 4 is 0 Å². The van der Waals surface area contributed by atoms with Gasteiger partial charge in [-0.2, -0.15) is 0 Å². The zero-order chi connectivity index (χ0) is 13.1. The minimum Gasteiger partial charge on any atom is -0.367 e. The number of ether oxygens (including phenoxy) is 1. The average Bonchev–Trinajstić information content (AvgIpc) is 2.27. The molecule has 0 saturated carbocycles. The minimum absolute atomic E-state index is 0.111. The van der Waals surface area contributed by atoms with Crippen molar-refractivity contribution in [2.24, 2.45) is 16.7 Å². The van der Waals surface area contributed by atoms with E-state index in [0.29, 0.717) is 5.92 Å². The molecule has 0 aromatic carbocycles. The highest BCUT2D eigenvalue weighted by Gasteiger charge is 2.44. The van der Waals surface area contributed by atoms with Gasteiger partial charge in [0.2, 0.25) is 0 Å². The normalized spacial score (nSPS) is 32.5. The molecule has 1 fully saturated rings. The first-order chi connectivity index (χ1) is 7.85. The van der Waals surface area contributed by atoms with Crippen LogP contribution in [0.1, 0.15) is 47.0 Å². The standard InChI is InChI=1S/C14H29NO2/c1-6-7-14(12(16)17-5)8-11(9-15-10-14)13(2,3)4/h11-12,15-16H,6-10H2,1-5H3/t11-,12+,14?/m1/s1. The fourth-order valence-electron chi connectivity index (χ4n) is 2.99. The molecule has 0 radical (unpaired) electrons. The number of aliphatic hydroxyl groups is 1. The van der Waals surface area contributed by atoms with Gasteiger partial charge in [-0.3, -0.25) is 0 Å². The molecule has 1 aliphatic heterocycles. The van der Waals surface area contributed by atoms with Crippen molar-refractivity contribution in [3.05, 3.63) is 0 Å². The van der Waals surface area contributed by atoms with Gasteiger partial charge in [-0.25, -0.2) is 0 Å². The van der Waals surface area contributed by atoms with Crippen LogP contribution in [0, 0.1) is 16.7 Å². The second kappa shape index (κ2) is 5.68. The molecule has 2 N–H and O–H groups in total. The summed E-state index contributed by atoms with van der Waals surface area (Å²) in [5, 5.41) is 13.7. The molecule has 0 amide bonds. The summed E-state index contributed by atoms with van der Waals surface area (Å²) < 4.78 is 5.22. The van der Waals surface area contributed by atoms with Gasteiger partial charge in [0.15, 0.2) is 6.29 Å². The average molecular weight is 243 g/mol. The van der Waals surface area contributed by atoms with Crippen LogP contribution in [0.25, 0.3) is 0 Å². The monoisotopic (exact) mass is 243 g/mol. The third kappa shape index (κ3) is 3.43. The molecule has 1 rings (SSSR count). The number of hydrogen-bond donors (Lipinski definition) is 2. The number of methoxy groups -OCH3 is 1. The summed E-state index contributed by atoms with van der Waals surface area (Å²) in [7, 11) is 1.60. The van der Waals surface area contributed by atoms with Crippen molar-refractivity contribution < 1.29 is 9.84 Å². The van der Waals surface area contributed by atoms with E-state index in [2.05, 4.69) is 33.0 Å². The SMILES string of the molecule is CCCC1([C@@H](O)OC)CNC[C@H](C(C)(C)C)C1. The van der Waals surface area contributed by atoms with E-state index < -0.39 is 6.29 Å². The molecule has 1 unspecified atom stereocenters. The Kier molecular flexibility index (Phi) is 4.99. The lowest BCUT2D eigenvalue weighted by atomic mass is 9.65. The second-order valence-electron chi connectivity index (χ2n) is 6.60. The second-order valence-corrected chi connectivity index (χ2v) is 6.60. The molecule has 1 aliphatic rings. The Balaban J connectivity index is 2.83. The summed E-state index contributed by atoms with van der Waals surface area (Å²) in [6.07, 6.45) is 2.49. The Labute approximate surface area is 106 Å². The van der Waals surface area contributed by atoms with Crippen molar-refractivity contribution in [1.29, 1.82) is 0 Å². The first-order valence-corrected chi connectivity index (χ1v) is 6.77. The summed E-state index contributed by atoms with van der Waals surface area (Å²) in [5.74, 6) is 0.590. The van der Waals surface area contributed by atoms with Crippen molar-refractivity contribution in [2.45, 2.75) is 53.2 Å². The Morgan fingerprint density at radius 1 is 1.47 bits per heavy atom. The van der Waals surface area contributed by atoms with E-state index in [0.717, 1.165) is 32.4 Å². The van der Waals surface area contributed by atoms with E-state index in [4.69, 9.17) is 4.74 Å². The van der Waals surface area contributed by atoms with E-state index in [9.17, 15) is 5.11 Å². The minimum atomic E-state index is -0.653. The van der Waals surface area contributed by atoms with Crippen LogP contribution in [-0.2, 0) is 4.74 Å². The zero-order valence-corrected chi connectivity index (χ0v) is 12.0. The molecule has 3 nitrogen and oxygen atoms in total. The summed E-state index contributed by atoms with van der Waals surface area (Å²) in [6, 6.07) is 0. The Hall–Kier alpha value is -0.120. The maximum absolute atomic E-state index is 10.2. The van der Waals surface area contributed by atoms with Crippen LogP contribution in [0.5, 0.6) is 0 Å². The van der Waals surface area contributed by atoms with Gasteiger partial charge >= 0.3 is 0 Å². The number of piperidine rings is 1. The van der Waals surface area contributed by atoms with E-state index in [1.54, 1.807) is 7.11 Å². The number of aliphatic hydroxyl groups excluding tert-OH is 1. The largest absolute Gasteiger partial charge is 0.367 e. The van der Waals surface area contributed by atoms with Crippen molar-refractivity contribution in [2.75, 3.05) is 20.2 Å². The molecule has 3 atom stereocenters. The fourth-order valence-corrected chi connectivity index (χ4v) is 2.99. The molecule has 3 heteroatoms. The lowest BCUT2D eigenvalue weighted by Gasteiger charge is -2.47. The first kappa shape index (κ1) is 14.9. The molecule has 0 aromatic rings. The summed E-state index contributed by atoms with van der Waals surface area (Å²) >= 11 is 0. The number of hydrogen-bond acceptors (Lipinski definition) is 3. The molecule has 0 aliphatic carbocycles. The van der Waals surface area contributed by atoms with Crippen molar-refractivity contribution in [3.8, 4) is 0 Å². The summed E-state index contributed by atoms with van der Waals surface area (Å²) in [5.41, 5.74) is 0.166. The lowest BCUT2D eigenvalue weighted by molar-refractivity contribution is -0.177. The van der Waals surface area contributed by atoms with E-state index >= 15 is 0 Å². The van der Waals surface area contributed by atoms with Gasteiger partial charge in [0, 0.05) is 19.1 Å². The van der Waals surface area contributed by atoms with Gasteiger partial charge in [-0.1, -0.05) is 34.1 Å². The number of rotatable bonds is 4. The zero-order valence-electron chi connectivity index (χ0n) is 12.0. The van der Waals surface area contributed by atoms with Gasteiger partial charge < -0.3 is 15.2 Å². The first-order valence-electron chi connectivity index (χ1n) is 6.77. The molecule has 1 saturated heterocycles. The van der Waals surface area contributed by atoms with E-state index in [1.807, 2.05) is 0 Å². The van der Waals surface area contributed by atoms with Crippen LogP contribution in [0.3, 0.4) is 0 Å². The number of nitrogens with one attached hydrogen (secondary N) is 1. The van der Waals surface area contributed by atoms with Crippen LogP contribution in [0.4, 0.5) is 0 Å². The molecule has 0 bridgehead atoms. The van der Waals surface area contributed by atoms with Gasteiger partial charge in [0.1, 0.15) is 0 Å². The predicted molar refractivity (Wildman–Crippen MR) is 70.8 cm³/mol. The van der Waals surface area contributed by atoms with E-state index in [1.165, 1.54) is 0 Å². The predicted octanol–water partition coefficient (Wildman–Crippen LogP) is 2.39. The maximum Gasteiger partial charge on any atom is 0.160 e. The maximum atomic E-state index is 10.2. The quantitative estimate of drug-likeness (QED) is 0.745. The van der Waals surface area contributed by atoms with Crippen LogP contribution >= 0.6 is 0 Å². The van der Waals surface area contributed by atoms with Crippen molar-refractivity contribution in [3.63, 3.8) is 0 Å². The fraction of sp³-hybridized carbons (Fsp3) is 1.00. The van der Waals surface area contributed by atoms with Gasteiger partial charge in [-0.15, -0.1) is 0 Å². The highest BCUT2D eigenvalue weighted by Crippen LogP contribution is 2.43. The Bertz CT molecular complexity index is 233. The highest BCUT2D eigenvalue weighted by atomic mass is 16.6. The molecule has 0 spiro atoms. The lowest BCUT2D eigenvalue weighted by Crippen LogP contribution is -2.53. The molecule has 0 aromatic heterocycles. The third-order valence-corrected chi connectivity index (χ3v) is 4.24. The third-order valence-electron chi connectivity index (χ3n) is 4.24. The molecule has 17 heavy (non-hydrogen) atoms. The van der Waals surface area contributed by atoms with Crippen LogP contribution in [0.2, 0.25) is 0 Å². The van der Waals surface area contributed by atoms with Gasteiger partial charge in [0.05, 0.1) is 0 Å². The van der Waals surface area contributed by atoms with Crippen LogP contribution in [0.15, 0.2) is 0 Å². The van der Waals surface area contributed by atoms with Gasteiger partial charge in [0.25, 0.3) is 0 Å². The summed E-state index contributed by atoms with van der Waals surface area (Å²) in [4.78, 5) is 0. The summed E-state index contributed by atoms with van der Waals surface area (Å²) in [6.45, 7) is 10.9. The van der Waals surface area contributed by atoms with Crippen LogP contribution in [-0.4, -0.2) is 31.6 Å². The topological polar surface area (TPSA) is 41.5 Å².